The first-order valence-corrected chi connectivity index (χ1v) is 5.79. The lowest BCUT2D eigenvalue weighted by Crippen LogP contribution is -1.92. The normalized spacial score (nSPS) is 10.1. The molecule has 0 N–H and O–H groups in total. The van der Waals surface area contributed by atoms with E-state index in [0.29, 0.717) is 11.6 Å². The number of aromatic nitrogens is 2. The number of nitrogens with zero attached hydrogens (tertiary/aromatic N) is 2. The van der Waals surface area contributed by atoms with Gasteiger partial charge in [-0.25, -0.2) is 0 Å². The number of methoxy groups -OCH3 is 1. The summed E-state index contributed by atoms with van der Waals surface area (Å²) in [6.07, 6.45) is 1.68. The van der Waals surface area contributed by atoms with Gasteiger partial charge in [-0.05, 0) is 46.6 Å². The second-order valence-electron chi connectivity index (χ2n) is 3.47. The van der Waals surface area contributed by atoms with Crippen molar-refractivity contribution in [3.05, 3.63) is 40.5 Å². The van der Waals surface area contributed by atoms with Gasteiger partial charge in [0.15, 0.2) is 0 Å². The molecule has 5 heteroatoms. The van der Waals surface area contributed by atoms with Gasteiger partial charge in [0.1, 0.15) is 11.5 Å². The first-order chi connectivity index (χ1) is 8.19. The molecule has 0 atom stereocenters. The van der Waals surface area contributed by atoms with Crippen LogP contribution in [0.1, 0.15) is 5.56 Å². The van der Waals surface area contributed by atoms with Crippen LogP contribution in [0, 0.1) is 6.92 Å². The van der Waals surface area contributed by atoms with E-state index in [1.165, 1.54) is 0 Å². The van der Waals surface area contributed by atoms with Crippen LogP contribution in [-0.2, 0) is 0 Å². The van der Waals surface area contributed by atoms with Crippen LogP contribution in [0.3, 0.4) is 0 Å². The van der Waals surface area contributed by atoms with Crippen molar-refractivity contribution in [3.8, 4) is 17.4 Å². The molecule has 0 saturated heterocycles. The van der Waals surface area contributed by atoms with Crippen molar-refractivity contribution in [3.63, 3.8) is 0 Å². The van der Waals surface area contributed by atoms with Gasteiger partial charge >= 0.3 is 0 Å². The fourth-order valence-corrected chi connectivity index (χ4v) is 1.73. The van der Waals surface area contributed by atoms with Crippen molar-refractivity contribution in [2.75, 3.05) is 7.11 Å². The second kappa shape index (κ2) is 5.14. The average Bonchev–Trinajstić information content (AvgIpc) is 2.32. The van der Waals surface area contributed by atoms with E-state index in [9.17, 15) is 0 Å². The molecule has 1 heterocycles. The van der Waals surface area contributed by atoms with E-state index in [0.717, 1.165) is 15.8 Å². The lowest BCUT2D eigenvalue weighted by atomic mass is 10.3. The topological polar surface area (TPSA) is 44.2 Å². The zero-order valence-corrected chi connectivity index (χ0v) is 11.1. The van der Waals surface area contributed by atoms with Gasteiger partial charge in [0, 0.05) is 6.07 Å². The van der Waals surface area contributed by atoms with Crippen LogP contribution in [0.5, 0.6) is 17.4 Å². The van der Waals surface area contributed by atoms with Gasteiger partial charge < -0.3 is 9.47 Å². The zero-order chi connectivity index (χ0) is 12.3. The summed E-state index contributed by atoms with van der Waals surface area (Å²) in [5.74, 6) is 1.90. The predicted molar refractivity (Wildman–Crippen MR) is 67.5 cm³/mol. The highest BCUT2D eigenvalue weighted by molar-refractivity contribution is 9.10. The highest BCUT2D eigenvalue weighted by Gasteiger charge is 2.05. The van der Waals surface area contributed by atoms with Crippen molar-refractivity contribution >= 4 is 15.9 Å². The smallest absolute Gasteiger partial charge is 0.239 e. The van der Waals surface area contributed by atoms with Crippen LogP contribution >= 0.6 is 15.9 Å². The minimum absolute atomic E-state index is 0.468. The summed E-state index contributed by atoms with van der Waals surface area (Å²) >= 11 is 3.41. The Bertz CT molecular complexity index is 532. The number of aryl methyl sites for hydroxylation is 1. The van der Waals surface area contributed by atoms with Crippen molar-refractivity contribution in [2.45, 2.75) is 6.92 Å². The molecule has 0 aliphatic heterocycles. The molecule has 17 heavy (non-hydrogen) atoms. The molecule has 0 amide bonds. The Kier molecular flexibility index (Phi) is 3.58. The number of hydrogen-bond acceptors (Lipinski definition) is 4. The third kappa shape index (κ3) is 2.94. The highest BCUT2D eigenvalue weighted by Crippen LogP contribution is 2.31. The summed E-state index contributed by atoms with van der Waals surface area (Å²) in [6, 6.07) is 7.29. The molecule has 2 aromatic rings. The Hall–Kier alpha value is -1.62. The van der Waals surface area contributed by atoms with E-state index >= 15 is 0 Å². The molecule has 0 aliphatic rings. The zero-order valence-electron chi connectivity index (χ0n) is 9.48. The summed E-state index contributed by atoms with van der Waals surface area (Å²) in [7, 11) is 1.62. The van der Waals surface area contributed by atoms with Gasteiger partial charge in [-0.15, -0.1) is 5.10 Å². The van der Waals surface area contributed by atoms with Gasteiger partial charge in [0.2, 0.25) is 5.88 Å². The SMILES string of the molecule is COc1ccc(Oc2cc(C)cnn2)c(Br)c1. The van der Waals surface area contributed by atoms with Crippen LogP contribution in [-0.4, -0.2) is 17.3 Å². The number of benzene rings is 1. The molecule has 0 unspecified atom stereocenters. The lowest BCUT2D eigenvalue weighted by Gasteiger charge is -2.08. The number of ether oxygens (including phenoxy) is 2. The maximum Gasteiger partial charge on any atom is 0.239 e. The summed E-state index contributed by atoms with van der Waals surface area (Å²) < 4.78 is 11.5. The van der Waals surface area contributed by atoms with Crippen molar-refractivity contribution in [1.82, 2.24) is 10.2 Å². The summed E-state index contributed by atoms with van der Waals surface area (Å²) in [5, 5.41) is 7.72. The fourth-order valence-electron chi connectivity index (χ4n) is 1.29. The van der Waals surface area contributed by atoms with Crippen LogP contribution in [0.4, 0.5) is 0 Å². The van der Waals surface area contributed by atoms with Crippen molar-refractivity contribution < 1.29 is 9.47 Å². The van der Waals surface area contributed by atoms with Gasteiger partial charge in [-0.2, -0.15) is 5.10 Å². The molecule has 0 spiro atoms. The third-order valence-corrected chi connectivity index (χ3v) is 2.74. The molecule has 0 fully saturated rings. The molecule has 4 nitrogen and oxygen atoms in total. The van der Waals surface area contributed by atoms with E-state index in [4.69, 9.17) is 9.47 Å². The Morgan fingerprint density at radius 2 is 2.06 bits per heavy atom. The molecular formula is C12H11BrN2O2. The molecule has 2 rings (SSSR count). The van der Waals surface area contributed by atoms with Gasteiger partial charge in [0.05, 0.1) is 17.8 Å². The Morgan fingerprint density at radius 1 is 1.24 bits per heavy atom. The quantitative estimate of drug-likeness (QED) is 0.871. The number of rotatable bonds is 3. The molecular weight excluding hydrogens is 284 g/mol. The van der Waals surface area contributed by atoms with Gasteiger partial charge in [-0.1, -0.05) is 0 Å². The fraction of sp³-hybridized carbons (Fsp3) is 0.167. The Labute approximate surface area is 108 Å². The summed E-state index contributed by atoms with van der Waals surface area (Å²) in [6.45, 7) is 1.94. The molecule has 0 saturated carbocycles. The highest BCUT2D eigenvalue weighted by atomic mass is 79.9. The van der Waals surface area contributed by atoms with Crippen LogP contribution in [0.25, 0.3) is 0 Å². The third-order valence-electron chi connectivity index (χ3n) is 2.12. The minimum atomic E-state index is 0.468. The molecule has 0 radical (unpaired) electrons. The van der Waals surface area contributed by atoms with Crippen LogP contribution in [0.15, 0.2) is 34.9 Å². The van der Waals surface area contributed by atoms with Crippen molar-refractivity contribution in [1.29, 1.82) is 0 Å². The van der Waals surface area contributed by atoms with E-state index in [1.807, 2.05) is 31.2 Å². The molecule has 88 valence electrons. The lowest BCUT2D eigenvalue weighted by molar-refractivity contribution is 0.411. The van der Waals surface area contributed by atoms with Crippen LogP contribution in [0.2, 0.25) is 0 Å². The maximum atomic E-state index is 5.61. The molecule has 1 aromatic carbocycles. The van der Waals surface area contributed by atoms with Gasteiger partial charge in [0.25, 0.3) is 0 Å². The van der Waals surface area contributed by atoms with E-state index in [-0.39, 0.29) is 0 Å². The van der Waals surface area contributed by atoms with Crippen molar-refractivity contribution in [2.24, 2.45) is 0 Å². The standard InChI is InChI=1S/C12H11BrN2O2/c1-8-5-12(15-14-7-8)17-11-4-3-9(16-2)6-10(11)13/h3-7H,1-2H3. The van der Waals surface area contributed by atoms with E-state index < -0.39 is 0 Å². The number of halogens is 1. The molecule has 0 bridgehead atoms. The Morgan fingerprint density at radius 3 is 2.71 bits per heavy atom. The summed E-state index contributed by atoms with van der Waals surface area (Å²) in [4.78, 5) is 0. The minimum Gasteiger partial charge on any atom is -0.497 e. The largest absolute Gasteiger partial charge is 0.497 e. The van der Waals surface area contributed by atoms with E-state index in [1.54, 1.807) is 13.3 Å². The molecule has 0 aliphatic carbocycles. The monoisotopic (exact) mass is 294 g/mol. The number of hydrogen-bond donors (Lipinski definition) is 0. The first-order valence-electron chi connectivity index (χ1n) is 5.00. The van der Waals surface area contributed by atoms with Crippen LogP contribution < -0.4 is 9.47 Å². The van der Waals surface area contributed by atoms with E-state index in [2.05, 4.69) is 26.1 Å². The average molecular weight is 295 g/mol. The second-order valence-corrected chi connectivity index (χ2v) is 4.32. The Balaban J connectivity index is 2.24. The molecule has 1 aromatic heterocycles. The summed E-state index contributed by atoms with van der Waals surface area (Å²) in [5.41, 5.74) is 1.000. The van der Waals surface area contributed by atoms with Gasteiger partial charge in [-0.3, -0.25) is 0 Å². The predicted octanol–water partition coefficient (Wildman–Crippen LogP) is 3.35. The first kappa shape index (κ1) is 11.9. The maximum absolute atomic E-state index is 5.61.